The summed E-state index contributed by atoms with van der Waals surface area (Å²) in [5, 5.41) is 0.493. The van der Waals surface area contributed by atoms with E-state index in [2.05, 4.69) is 4.98 Å². The summed E-state index contributed by atoms with van der Waals surface area (Å²) in [4.78, 5) is 4.07. The number of rotatable bonds is 5. The maximum atomic E-state index is 5.69. The minimum atomic E-state index is 0.476. The Morgan fingerprint density at radius 1 is 1.38 bits per heavy atom. The second-order valence-corrected chi connectivity index (χ2v) is 2.88. The van der Waals surface area contributed by atoms with Crippen LogP contribution in [0, 0.1) is 0 Å². The van der Waals surface area contributed by atoms with Gasteiger partial charge in [-0.25, -0.2) is 4.98 Å². The van der Waals surface area contributed by atoms with Crippen molar-refractivity contribution in [1.29, 1.82) is 0 Å². The Morgan fingerprint density at radius 2 is 2.23 bits per heavy atom. The van der Waals surface area contributed by atoms with Crippen LogP contribution in [0.2, 0.25) is 5.15 Å². The molecule has 1 heterocycles. The number of hydrogen-bond donors (Lipinski definition) is 0. The van der Waals surface area contributed by atoms with Gasteiger partial charge in [-0.2, -0.15) is 0 Å². The molecule has 0 spiro atoms. The van der Waals surface area contributed by atoms with Crippen molar-refractivity contribution in [1.82, 2.24) is 4.98 Å². The molecule has 1 aromatic heterocycles. The van der Waals surface area contributed by atoms with Gasteiger partial charge in [0.25, 0.3) is 0 Å². The molecule has 0 saturated heterocycles. The molecule has 0 aliphatic carbocycles. The summed E-state index contributed by atoms with van der Waals surface area (Å²) in [6.45, 7) is 1.65. The normalized spacial score (nSPS) is 10.3. The first-order chi connectivity index (χ1) is 6.33. The van der Waals surface area contributed by atoms with E-state index in [1.54, 1.807) is 13.2 Å². The molecule has 4 heteroatoms. The second-order valence-electron chi connectivity index (χ2n) is 2.50. The fraction of sp³-hybridized carbons (Fsp3) is 0.444. The van der Waals surface area contributed by atoms with Gasteiger partial charge in [0.15, 0.2) is 0 Å². The van der Waals surface area contributed by atoms with Gasteiger partial charge in [0.05, 0.1) is 25.5 Å². The standard InChI is InChI=1S/C9H12ClNO2/c1-12-5-6-13-7-8-3-2-4-9(10)11-8/h2-4H,5-7H2,1H3. The number of pyridine rings is 1. The van der Waals surface area contributed by atoms with Crippen LogP contribution in [0.1, 0.15) is 5.69 Å². The third-order valence-electron chi connectivity index (χ3n) is 1.45. The molecule has 0 amide bonds. The highest BCUT2D eigenvalue weighted by Gasteiger charge is 1.95. The van der Waals surface area contributed by atoms with E-state index >= 15 is 0 Å². The Hall–Kier alpha value is -0.640. The third kappa shape index (κ3) is 4.22. The minimum absolute atomic E-state index is 0.476. The van der Waals surface area contributed by atoms with Crippen molar-refractivity contribution in [3.05, 3.63) is 29.0 Å². The molecule has 0 aliphatic rings. The Balaban J connectivity index is 2.28. The Labute approximate surface area is 82.6 Å². The lowest BCUT2D eigenvalue weighted by atomic mass is 10.4. The lowest BCUT2D eigenvalue weighted by Crippen LogP contribution is -2.02. The van der Waals surface area contributed by atoms with Crippen LogP contribution >= 0.6 is 11.6 Å². The predicted octanol–water partition coefficient (Wildman–Crippen LogP) is 1.90. The summed E-state index contributed by atoms with van der Waals surface area (Å²) in [6, 6.07) is 5.46. The van der Waals surface area contributed by atoms with E-state index in [1.165, 1.54) is 0 Å². The summed E-state index contributed by atoms with van der Waals surface area (Å²) >= 11 is 5.69. The molecule has 0 saturated carbocycles. The van der Waals surface area contributed by atoms with Gasteiger partial charge in [0.2, 0.25) is 0 Å². The molecule has 0 N–H and O–H groups in total. The second kappa shape index (κ2) is 5.91. The SMILES string of the molecule is COCCOCc1cccc(Cl)n1. The first-order valence-electron chi connectivity index (χ1n) is 4.01. The first kappa shape index (κ1) is 10.4. The van der Waals surface area contributed by atoms with Crippen molar-refractivity contribution in [2.45, 2.75) is 6.61 Å². The summed E-state index contributed by atoms with van der Waals surface area (Å²) in [6.07, 6.45) is 0. The zero-order valence-electron chi connectivity index (χ0n) is 7.50. The van der Waals surface area contributed by atoms with Gasteiger partial charge >= 0.3 is 0 Å². The first-order valence-corrected chi connectivity index (χ1v) is 4.39. The van der Waals surface area contributed by atoms with Crippen molar-refractivity contribution in [2.75, 3.05) is 20.3 Å². The fourth-order valence-corrected chi connectivity index (χ4v) is 1.03. The average Bonchev–Trinajstić information content (AvgIpc) is 2.13. The molecule has 0 bridgehead atoms. The van der Waals surface area contributed by atoms with E-state index < -0.39 is 0 Å². The van der Waals surface area contributed by atoms with Gasteiger partial charge in [-0.15, -0.1) is 0 Å². The maximum Gasteiger partial charge on any atom is 0.129 e. The summed E-state index contributed by atoms with van der Waals surface area (Å²) in [7, 11) is 1.64. The van der Waals surface area contributed by atoms with Gasteiger partial charge in [-0.1, -0.05) is 17.7 Å². The molecule has 0 radical (unpaired) electrons. The van der Waals surface area contributed by atoms with Crippen molar-refractivity contribution >= 4 is 11.6 Å². The van der Waals surface area contributed by atoms with Crippen LogP contribution in [0.5, 0.6) is 0 Å². The van der Waals surface area contributed by atoms with Crippen LogP contribution in [0.4, 0.5) is 0 Å². The Kier molecular flexibility index (Phi) is 4.75. The molecule has 1 aromatic rings. The van der Waals surface area contributed by atoms with E-state index in [1.807, 2.05) is 12.1 Å². The van der Waals surface area contributed by atoms with Crippen LogP contribution in [-0.2, 0) is 16.1 Å². The van der Waals surface area contributed by atoms with Crippen LogP contribution in [0.25, 0.3) is 0 Å². The van der Waals surface area contributed by atoms with Gasteiger partial charge in [-0.05, 0) is 12.1 Å². The highest BCUT2D eigenvalue weighted by Crippen LogP contribution is 2.05. The number of halogens is 1. The van der Waals surface area contributed by atoms with Gasteiger partial charge in [0, 0.05) is 7.11 Å². The molecule has 3 nitrogen and oxygen atoms in total. The molecular formula is C9H12ClNO2. The highest BCUT2D eigenvalue weighted by molar-refractivity contribution is 6.29. The average molecular weight is 202 g/mol. The topological polar surface area (TPSA) is 31.4 Å². The van der Waals surface area contributed by atoms with E-state index in [-0.39, 0.29) is 0 Å². The lowest BCUT2D eigenvalue weighted by Gasteiger charge is -2.02. The Morgan fingerprint density at radius 3 is 2.92 bits per heavy atom. The van der Waals surface area contributed by atoms with Crippen LogP contribution in [0.15, 0.2) is 18.2 Å². The highest BCUT2D eigenvalue weighted by atomic mass is 35.5. The van der Waals surface area contributed by atoms with Crippen molar-refractivity contribution in [3.8, 4) is 0 Å². The zero-order valence-corrected chi connectivity index (χ0v) is 8.25. The fourth-order valence-electron chi connectivity index (χ4n) is 0.850. The number of hydrogen-bond acceptors (Lipinski definition) is 3. The van der Waals surface area contributed by atoms with Crippen LogP contribution in [0.3, 0.4) is 0 Å². The van der Waals surface area contributed by atoms with Gasteiger partial charge in [-0.3, -0.25) is 0 Å². The molecule has 0 unspecified atom stereocenters. The van der Waals surface area contributed by atoms with Gasteiger partial charge in [0.1, 0.15) is 5.15 Å². The number of nitrogens with zero attached hydrogens (tertiary/aromatic N) is 1. The smallest absolute Gasteiger partial charge is 0.129 e. The molecule has 0 aliphatic heterocycles. The number of methoxy groups -OCH3 is 1. The van der Waals surface area contributed by atoms with E-state index in [4.69, 9.17) is 21.1 Å². The molecule has 72 valence electrons. The molecule has 13 heavy (non-hydrogen) atoms. The summed E-state index contributed by atoms with van der Waals surface area (Å²) in [5.41, 5.74) is 0.837. The summed E-state index contributed by atoms with van der Waals surface area (Å²) < 4.78 is 10.1. The molecule has 1 rings (SSSR count). The summed E-state index contributed by atoms with van der Waals surface area (Å²) in [5.74, 6) is 0. The minimum Gasteiger partial charge on any atom is -0.382 e. The monoisotopic (exact) mass is 201 g/mol. The largest absolute Gasteiger partial charge is 0.382 e. The van der Waals surface area contributed by atoms with E-state index in [9.17, 15) is 0 Å². The van der Waals surface area contributed by atoms with E-state index in [0.29, 0.717) is 25.0 Å². The third-order valence-corrected chi connectivity index (χ3v) is 1.67. The number of ether oxygens (including phenoxy) is 2. The van der Waals surface area contributed by atoms with Gasteiger partial charge < -0.3 is 9.47 Å². The maximum absolute atomic E-state index is 5.69. The lowest BCUT2D eigenvalue weighted by molar-refractivity contribution is 0.0602. The molecule has 0 fully saturated rings. The predicted molar refractivity (Wildman–Crippen MR) is 50.8 cm³/mol. The number of aromatic nitrogens is 1. The molecule has 0 aromatic carbocycles. The van der Waals surface area contributed by atoms with Crippen molar-refractivity contribution < 1.29 is 9.47 Å². The van der Waals surface area contributed by atoms with Crippen molar-refractivity contribution in [2.24, 2.45) is 0 Å². The van der Waals surface area contributed by atoms with E-state index in [0.717, 1.165) is 5.69 Å². The quantitative estimate of drug-likeness (QED) is 0.539. The Bertz CT molecular complexity index is 255. The van der Waals surface area contributed by atoms with Crippen LogP contribution in [-0.4, -0.2) is 25.3 Å². The van der Waals surface area contributed by atoms with Crippen molar-refractivity contribution in [3.63, 3.8) is 0 Å². The van der Waals surface area contributed by atoms with Crippen LogP contribution < -0.4 is 0 Å². The zero-order chi connectivity index (χ0) is 9.52. The molecule has 0 atom stereocenters. The molecular weight excluding hydrogens is 190 g/mol.